The second-order valence-electron chi connectivity index (χ2n) is 1.35. The Bertz CT molecular complexity index is 88.3. The van der Waals surface area contributed by atoms with Gasteiger partial charge in [-0.2, -0.15) is 0 Å². The Morgan fingerprint density at radius 3 is 3.00 bits per heavy atom. The summed E-state index contributed by atoms with van der Waals surface area (Å²) < 4.78 is 4.70. The molecular formula is C5H5O2. The summed E-state index contributed by atoms with van der Waals surface area (Å²) in [6.45, 7) is 0. The third-order valence-electron chi connectivity index (χ3n) is 0.821. The van der Waals surface area contributed by atoms with Crippen molar-refractivity contribution in [1.82, 2.24) is 0 Å². The van der Waals surface area contributed by atoms with E-state index < -0.39 is 0 Å². The molecule has 0 bridgehead atoms. The van der Waals surface area contributed by atoms with Crippen LogP contribution in [0.25, 0.3) is 0 Å². The zero-order chi connectivity index (χ0) is 5.11. The molecule has 0 amide bonds. The molecule has 1 rings (SSSR count). The van der Waals surface area contributed by atoms with Crippen LogP contribution in [-0.4, -0.2) is 12.4 Å². The monoisotopic (exact) mass is 97.0 g/mol. The summed E-state index contributed by atoms with van der Waals surface area (Å²) in [7, 11) is 0. The fraction of sp³-hybridized carbons (Fsp3) is 0.400. The van der Waals surface area contributed by atoms with Crippen molar-refractivity contribution in [3.05, 3.63) is 12.3 Å². The van der Waals surface area contributed by atoms with Crippen molar-refractivity contribution in [2.24, 2.45) is 0 Å². The number of rotatable bonds is 1. The van der Waals surface area contributed by atoms with Crippen molar-refractivity contribution in [2.75, 3.05) is 0 Å². The quantitative estimate of drug-likeness (QED) is 0.473. The first-order chi connectivity index (χ1) is 3.43. The zero-order valence-electron chi connectivity index (χ0n) is 3.76. The summed E-state index contributed by atoms with van der Waals surface area (Å²) in [6, 6.07) is 0. The predicted octanol–water partition coefficient (Wildman–Crippen LogP) is 0.399. The molecule has 1 aliphatic rings. The molecule has 0 saturated carbocycles. The molecule has 7 heavy (non-hydrogen) atoms. The highest BCUT2D eigenvalue weighted by molar-refractivity contribution is 5.58. The molecule has 0 aliphatic carbocycles. The molecule has 2 nitrogen and oxygen atoms in total. The standard InChI is InChI=1S/C5H5O2/c6-4-5-2-1-3-7-5/h1,3,5H,2H2. The second kappa shape index (κ2) is 1.78. The van der Waals surface area contributed by atoms with Gasteiger partial charge in [0.15, 0.2) is 6.10 Å². The van der Waals surface area contributed by atoms with Crippen LogP contribution in [0.5, 0.6) is 0 Å². The molecule has 2 heteroatoms. The molecule has 0 aromatic rings. The van der Waals surface area contributed by atoms with Crippen LogP contribution in [0, 0.1) is 0 Å². The summed E-state index contributed by atoms with van der Waals surface area (Å²) in [5, 5.41) is 0. The minimum Gasteiger partial charge on any atom is -0.490 e. The molecule has 0 aromatic heterocycles. The van der Waals surface area contributed by atoms with Crippen molar-refractivity contribution < 1.29 is 9.53 Å². The Morgan fingerprint density at radius 1 is 1.86 bits per heavy atom. The predicted molar refractivity (Wildman–Crippen MR) is 24.3 cm³/mol. The zero-order valence-corrected chi connectivity index (χ0v) is 3.76. The highest BCUT2D eigenvalue weighted by atomic mass is 16.5. The normalized spacial score (nSPS) is 27.1. The van der Waals surface area contributed by atoms with Gasteiger partial charge >= 0.3 is 0 Å². The van der Waals surface area contributed by atoms with Gasteiger partial charge in [0.05, 0.1) is 6.26 Å². The van der Waals surface area contributed by atoms with Crippen LogP contribution in [0.1, 0.15) is 6.42 Å². The highest BCUT2D eigenvalue weighted by Crippen LogP contribution is 2.04. The van der Waals surface area contributed by atoms with Gasteiger partial charge in [-0.05, 0) is 6.08 Å². The van der Waals surface area contributed by atoms with E-state index >= 15 is 0 Å². The SMILES string of the molecule is O=[C]C1CC=CO1. The van der Waals surface area contributed by atoms with E-state index in [1.807, 2.05) is 0 Å². The molecule has 0 N–H and O–H groups in total. The molecule has 0 saturated heterocycles. The van der Waals surface area contributed by atoms with E-state index in [0.29, 0.717) is 6.42 Å². The maximum absolute atomic E-state index is 9.72. The van der Waals surface area contributed by atoms with E-state index in [1.165, 1.54) is 6.26 Å². The van der Waals surface area contributed by atoms with Gasteiger partial charge in [0.1, 0.15) is 0 Å². The molecule has 1 heterocycles. The minimum atomic E-state index is -0.319. The maximum Gasteiger partial charge on any atom is 0.243 e. The van der Waals surface area contributed by atoms with Gasteiger partial charge in [0.2, 0.25) is 6.29 Å². The molecule has 0 spiro atoms. The molecular weight excluding hydrogens is 92.1 g/mol. The van der Waals surface area contributed by atoms with Crippen molar-refractivity contribution >= 4 is 6.29 Å². The van der Waals surface area contributed by atoms with Crippen LogP contribution in [-0.2, 0) is 9.53 Å². The van der Waals surface area contributed by atoms with E-state index in [2.05, 4.69) is 0 Å². The summed E-state index contributed by atoms with van der Waals surface area (Å²) in [5.41, 5.74) is 0. The average Bonchev–Trinajstić information content (AvgIpc) is 2.14. The van der Waals surface area contributed by atoms with Crippen molar-refractivity contribution in [3.8, 4) is 0 Å². The van der Waals surface area contributed by atoms with Gasteiger partial charge in [-0.25, -0.2) is 0 Å². The number of hydrogen-bond acceptors (Lipinski definition) is 2. The lowest BCUT2D eigenvalue weighted by molar-refractivity contribution is 0.225. The van der Waals surface area contributed by atoms with Gasteiger partial charge in [0, 0.05) is 6.42 Å². The van der Waals surface area contributed by atoms with Crippen LogP contribution in [0.3, 0.4) is 0 Å². The summed E-state index contributed by atoms with van der Waals surface area (Å²) in [5.74, 6) is 0. The summed E-state index contributed by atoms with van der Waals surface area (Å²) >= 11 is 0. The van der Waals surface area contributed by atoms with Gasteiger partial charge < -0.3 is 4.74 Å². The third-order valence-corrected chi connectivity index (χ3v) is 0.821. The van der Waals surface area contributed by atoms with Gasteiger partial charge in [-0.15, -0.1) is 0 Å². The maximum atomic E-state index is 9.72. The second-order valence-corrected chi connectivity index (χ2v) is 1.35. The molecule has 0 aromatic carbocycles. The topological polar surface area (TPSA) is 26.3 Å². The van der Waals surface area contributed by atoms with Gasteiger partial charge in [0.25, 0.3) is 0 Å². The molecule has 1 radical (unpaired) electrons. The first-order valence-electron chi connectivity index (χ1n) is 2.11. The van der Waals surface area contributed by atoms with Crippen molar-refractivity contribution in [2.45, 2.75) is 12.5 Å². The van der Waals surface area contributed by atoms with Crippen molar-refractivity contribution in [1.29, 1.82) is 0 Å². The average molecular weight is 97.1 g/mol. The first-order valence-corrected chi connectivity index (χ1v) is 2.11. The Labute approximate surface area is 41.8 Å². The first kappa shape index (κ1) is 4.37. The lowest BCUT2D eigenvalue weighted by atomic mass is 10.3. The Kier molecular flexibility index (Phi) is 1.11. The Balaban J connectivity index is 2.35. The van der Waals surface area contributed by atoms with Crippen molar-refractivity contribution in [3.63, 3.8) is 0 Å². The van der Waals surface area contributed by atoms with E-state index in [-0.39, 0.29) is 6.10 Å². The van der Waals surface area contributed by atoms with E-state index in [1.54, 1.807) is 12.4 Å². The molecule has 1 aliphatic heterocycles. The highest BCUT2D eigenvalue weighted by Gasteiger charge is 2.08. The molecule has 37 valence electrons. The van der Waals surface area contributed by atoms with E-state index in [4.69, 9.17) is 4.74 Å². The summed E-state index contributed by atoms with van der Waals surface area (Å²) in [6.07, 6.45) is 5.42. The number of carbonyl (C=O) groups excluding carboxylic acids is 1. The smallest absolute Gasteiger partial charge is 0.243 e. The van der Waals surface area contributed by atoms with Gasteiger partial charge in [-0.3, -0.25) is 4.79 Å². The third kappa shape index (κ3) is 0.796. The van der Waals surface area contributed by atoms with Crippen LogP contribution < -0.4 is 0 Å². The largest absolute Gasteiger partial charge is 0.490 e. The Morgan fingerprint density at radius 2 is 2.71 bits per heavy atom. The minimum absolute atomic E-state index is 0.319. The Hall–Kier alpha value is -0.790. The molecule has 0 fully saturated rings. The lowest BCUT2D eigenvalue weighted by Crippen LogP contribution is -2.03. The fourth-order valence-corrected chi connectivity index (χ4v) is 0.461. The van der Waals surface area contributed by atoms with E-state index in [9.17, 15) is 4.79 Å². The van der Waals surface area contributed by atoms with Crippen LogP contribution >= 0.6 is 0 Å². The molecule has 1 atom stereocenters. The summed E-state index contributed by atoms with van der Waals surface area (Å²) in [4.78, 5) is 9.72. The fourth-order valence-electron chi connectivity index (χ4n) is 0.461. The van der Waals surface area contributed by atoms with E-state index in [0.717, 1.165) is 0 Å². The van der Waals surface area contributed by atoms with Crippen LogP contribution in [0.2, 0.25) is 0 Å². The van der Waals surface area contributed by atoms with Gasteiger partial charge in [-0.1, -0.05) is 0 Å². The number of hydrogen-bond donors (Lipinski definition) is 0. The van der Waals surface area contributed by atoms with Crippen LogP contribution in [0.15, 0.2) is 12.3 Å². The van der Waals surface area contributed by atoms with Crippen LogP contribution in [0.4, 0.5) is 0 Å². The number of ether oxygens (including phenoxy) is 1. The lowest BCUT2D eigenvalue weighted by Gasteiger charge is -1.94. The molecule has 1 unspecified atom stereocenters.